The van der Waals surface area contributed by atoms with Crippen molar-refractivity contribution in [3.63, 3.8) is 0 Å². The van der Waals surface area contributed by atoms with Crippen LogP contribution in [0.1, 0.15) is 37.5 Å². The molecule has 2 aromatic heterocycles. The lowest BCUT2D eigenvalue weighted by molar-refractivity contribution is -0.0575. The van der Waals surface area contributed by atoms with Crippen molar-refractivity contribution in [1.82, 2.24) is 25.4 Å². The Bertz CT molecular complexity index is 739. The van der Waals surface area contributed by atoms with Crippen molar-refractivity contribution in [2.24, 2.45) is 0 Å². The molecule has 0 aromatic carbocycles. The van der Waals surface area contributed by atoms with Crippen molar-refractivity contribution in [2.45, 2.75) is 50.1 Å². The van der Waals surface area contributed by atoms with Crippen molar-refractivity contribution in [1.29, 1.82) is 0 Å². The minimum Gasteiger partial charge on any atom is -0.376 e. The average molecular weight is 371 g/mol. The number of ether oxygens (including phenoxy) is 2. The minimum atomic E-state index is -0.179. The van der Waals surface area contributed by atoms with Gasteiger partial charge in [0.1, 0.15) is 6.10 Å². The van der Waals surface area contributed by atoms with Crippen molar-refractivity contribution >= 4 is 6.03 Å². The van der Waals surface area contributed by atoms with Gasteiger partial charge in [-0.15, -0.1) is 0 Å². The Kier molecular flexibility index (Phi) is 5.35. The van der Waals surface area contributed by atoms with Gasteiger partial charge in [-0.2, -0.15) is 5.10 Å². The summed E-state index contributed by atoms with van der Waals surface area (Å²) >= 11 is 0. The highest BCUT2D eigenvalue weighted by atomic mass is 16.5. The number of carbonyl (C=O) groups excluding carboxylic acids is 1. The van der Waals surface area contributed by atoms with E-state index in [4.69, 9.17) is 9.47 Å². The molecule has 5 atom stereocenters. The molecule has 0 bridgehead atoms. The molecule has 27 heavy (non-hydrogen) atoms. The lowest BCUT2D eigenvalue weighted by atomic mass is 9.82. The zero-order chi connectivity index (χ0) is 18.6. The van der Waals surface area contributed by atoms with Gasteiger partial charge in [-0.05, 0) is 43.5 Å². The Morgan fingerprint density at radius 3 is 2.85 bits per heavy atom. The van der Waals surface area contributed by atoms with E-state index < -0.39 is 0 Å². The van der Waals surface area contributed by atoms with Crippen LogP contribution in [-0.4, -0.2) is 52.2 Å². The fourth-order valence-electron chi connectivity index (χ4n) is 3.93. The fraction of sp³-hybridized carbons (Fsp3) is 0.526. The summed E-state index contributed by atoms with van der Waals surface area (Å²) in [5.74, 6) is 0. The highest BCUT2D eigenvalue weighted by Crippen LogP contribution is 2.35. The number of amides is 2. The van der Waals surface area contributed by atoms with E-state index in [1.54, 1.807) is 18.6 Å². The topological polar surface area (TPSA) is 90.3 Å². The van der Waals surface area contributed by atoms with Gasteiger partial charge < -0.3 is 20.1 Å². The molecule has 2 N–H and O–H groups in total. The maximum Gasteiger partial charge on any atom is 0.315 e. The van der Waals surface area contributed by atoms with Gasteiger partial charge in [-0.3, -0.25) is 9.67 Å². The van der Waals surface area contributed by atoms with Crippen LogP contribution in [-0.2, 0) is 9.47 Å². The van der Waals surface area contributed by atoms with Crippen LogP contribution in [0, 0.1) is 0 Å². The molecule has 2 fully saturated rings. The molecule has 8 nitrogen and oxygen atoms in total. The van der Waals surface area contributed by atoms with Gasteiger partial charge in [0, 0.05) is 38.0 Å². The van der Waals surface area contributed by atoms with Gasteiger partial charge in [0.25, 0.3) is 0 Å². The first-order chi connectivity index (χ1) is 13.3. The van der Waals surface area contributed by atoms with E-state index in [1.165, 1.54) is 0 Å². The molecule has 1 aliphatic heterocycles. The fourth-order valence-corrected chi connectivity index (χ4v) is 3.93. The van der Waals surface area contributed by atoms with Crippen LogP contribution in [0.4, 0.5) is 4.79 Å². The second-order valence-electron chi connectivity index (χ2n) is 6.90. The second-order valence-corrected chi connectivity index (χ2v) is 6.90. The number of pyridine rings is 1. The van der Waals surface area contributed by atoms with Crippen LogP contribution >= 0.6 is 0 Å². The number of hydrogen-bond donors (Lipinski definition) is 2. The Labute approximate surface area is 158 Å². The van der Waals surface area contributed by atoms with E-state index in [2.05, 4.69) is 20.7 Å². The zero-order valence-electron chi connectivity index (χ0n) is 15.3. The van der Waals surface area contributed by atoms with Crippen molar-refractivity contribution in [3.05, 3.63) is 48.5 Å². The van der Waals surface area contributed by atoms with Gasteiger partial charge in [-0.25, -0.2) is 4.79 Å². The molecule has 0 spiro atoms. The summed E-state index contributed by atoms with van der Waals surface area (Å²) in [5, 5.41) is 10.5. The van der Waals surface area contributed by atoms with E-state index >= 15 is 0 Å². The Balaban J connectivity index is 1.36. The summed E-state index contributed by atoms with van der Waals surface area (Å²) in [6.07, 6.45) is 8.63. The van der Waals surface area contributed by atoms with E-state index in [0.717, 1.165) is 18.4 Å². The summed E-state index contributed by atoms with van der Waals surface area (Å²) < 4.78 is 13.5. The molecule has 3 unspecified atom stereocenters. The quantitative estimate of drug-likeness (QED) is 0.808. The molecule has 1 aliphatic carbocycles. The number of nitrogens with zero attached hydrogens (tertiary/aromatic N) is 3. The van der Waals surface area contributed by atoms with Crippen LogP contribution in [0.2, 0.25) is 0 Å². The van der Waals surface area contributed by atoms with Gasteiger partial charge in [-0.1, -0.05) is 0 Å². The SMILES string of the molecule is CCOC1CC(NC(=O)N[C@@H]2CCO[C@H]2c2ccncc2)C1n1cccn1. The highest BCUT2D eigenvalue weighted by molar-refractivity contribution is 5.75. The molecule has 0 radical (unpaired) electrons. The van der Waals surface area contributed by atoms with Gasteiger partial charge in [0.2, 0.25) is 0 Å². The average Bonchev–Trinajstić information content (AvgIpc) is 3.33. The summed E-state index contributed by atoms with van der Waals surface area (Å²) in [5.41, 5.74) is 1.03. The van der Waals surface area contributed by atoms with E-state index in [-0.39, 0.29) is 36.4 Å². The lowest BCUT2D eigenvalue weighted by Gasteiger charge is -2.44. The standard InChI is InChI=1S/C19H25N5O3/c1-2-26-16-12-15(17(16)24-10-3-7-21-24)23-19(25)22-14-6-11-27-18(14)13-4-8-20-9-5-13/h3-5,7-10,14-18H,2,6,11-12H2,1H3,(H2,22,23,25)/t14-,15?,16?,17?,18+/m1/s1. The summed E-state index contributed by atoms with van der Waals surface area (Å²) in [6.45, 7) is 3.25. The molecule has 2 amide bonds. The van der Waals surface area contributed by atoms with Gasteiger partial charge in [0.15, 0.2) is 0 Å². The van der Waals surface area contributed by atoms with Gasteiger partial charge in [0.05, 0.1) is 24.2 Å². The molecule has 2 aliphatic rings. The molecule has 4 rings (SSSR count). The maximum absolute atomic E-state index is 12.6. The lowest BCUT2D eigenvalue weighted by Crippen LogP contribution is -2.59. The number of carbonyl (C=O) groups is 1. The van der Waals surface area contributed by atoms with Crippen LogP contribution < -0.4 is 10.6 Å². The molecule has 3 heterocycles. The first-order valence-electron chi connectivity index (χ1n) is 9.45. The molecule has 144 valence electrons. The number of urea groups is 1. The smallest absolute Gasteiger partial charge is 0.315 e. The Hall–Kier alpha value is -2.45. The maximum atomic E-state index is 12.6. The summed E-state index contributed by atoms with van der Waals surface area (Å²) in [4.78, 5) is 16.6. The molecule has 1 saturated heterocycles. The van der Waals surface area contributed by atoms with E-state index in [9.17, 15) is 4.79 Å². The normalized spacial score (nSPS) is 29.9. The predicted octanol–water partition coefficient (Wildman–Crippen LogP) is 1.83. The third-order valence-corrected chi connectivity index (χ3v) is 5.25. The first kappa shape index (κ1) is 17.9. The van der Waals surface area contributed by atoms with E-state index in [1.807, 2.05) is 36.0 Å². The summed E-state index contributed by atoms with van der Waals surface area (Å²) in [6, 6.07) is 5.50. The van der Waals surface area contributed by atoms with Crippen LogP contribution in [0.25, 0.3) is 0 Å². The van der Waals surface area contributed by atoms with Crippen LogP contribution in [0.15, 0.2) is 43.0 Å². The number of aromatic nitrogens is 3. The van der Waals surface area contributed by atoms with E-state index in [0.29, 0.717) is 13.2 Å². The van der Waals surface area contributed by atoms with Crippen molar-refractivity contribution < 1.29 is 14.3 Å². The minimum absolute atomic E-state index is 0.0110. The molecular weight excluding hydrogens is 346 g/mol. The molecular formula is C19H25N5O3. The largest absolute Gasteiger partial charge is 0.376 e. The monoisotopic (exact) mass is 371 g/mol. The number of rotatable bonds is 6. The van der Waals surface area contributed by atoms with Crippen LogP contribution in [0.5, 0.6) is 0 Å². The first-order valence-corrected chi connectivity index (χ1v) is 9.45. The second kappa shape index (κ2) is 8.06. The third kappa shape index (κ3) is 3.81. The molecule has 8 heteroatoms. The summed E-state index contributed by atoms with van der Waals surface area (Å²) in [7, 11) is 0. The number of hydrogen-bond acceptors (Lipinski definition) is 5. The van der Waals surface area contributed by atoms with Gasteiger partial charge >= 0.3 is 6.03 Å². The van der Waals surface area contributed by atoms with Crippen molar-refractivity contribution in [2.75, 3.05) is 13.2 Å². The Morgan fingerprint density at radius 1 is 1.30 bits per heavy atom. The molecule has 2 aromatic rings. The number of nitrogens with one attached hydrogen (secondary N) is 2. The predicted molar refractivity (Wildman–Crippen MR) is 98.1 cm³/mol. The zero-order valence-corrected chi connectivity index (χ0v) is 15.3. The molecule has 1 saturated carbocycles. The van der Waals surface area contributed by atoms with Crippen molar-refractivity contribution in [3.8, 4) is 0 Å². The Morgan fingerprint density at radius 2 is 2.11 bits per heavy atom. The highest BCUT2D eigenvalue weighted by Gasteiger charge is 2.44. The third-order valence-electron chi connectivity index (χ3n) is 5.25. The van der Waals surface area contributed by atoms with Crippen LogP contribution in [0.3, 0.4) is 0 Å².